The van der Waals surface area contributed by atoms with E-state index in [9.17, 15) is 0 Å². The summed E-state index contributed by atoms with van der Waals surface area (Å²) in [6, 6.07) is 66.7. The predicted molar refractivity (Wildman–Crippen MR) is 225 cm³/mol. The molecular formula is C51H33N3. The Bertz CT molecular complexity index is 2910. The summed E-state index contributed by atoms with van der Waals surface area (Å²) in [6.45, 7) is 0. The topological polar surface area (TPSA) is 38.7 Å². The van der Waals surface area contributed by atoms with Crippen LogP contribution < -0.4 is 0 Å². The van der Waals surface area contributed by atoms with E-state index in [-0.39, 0.29) is 0 Å². The minimum atomic E-state index is 0.683. The average molecular weight is 688 g/mol. The number of aromatic nitrogens is 3. The van der Waals surface area contributed by atoms with Gasteiger partial charge in [0.15, 0.2) is 5.82 Å². The zero-order valence-electron chi connectivity index (χ0n) is 29.4. The Labute approximate surface area is 313 Å². The third-order valence-electron chi connectivity index (χ3n) is 10.4. The second-order valence-corrected chi connectivity index (χ2v) is 13.6. The first-order chi connectivity index (χ1) is 26.8. The fourth-order valence-electron chi connectivity index (χ4n) is 7.85. The smallest absolute Gasteiger partial charge is 0.160 e. The van der Waals surface area contributed by atoms with Crippen molar-refractivity contribution >= 4 is 32.3 Å². The molecule has 0 radical (unpaired) electrons. The molecule has 0 spiro atoms. The van der Waals surface area contributed by atoms with Crippen LogP contribution in [0.5, 0.6) is 0 Å². The van der Waals surface area contributed by atoms with Crippen molar-refractivity contribution in [2.75, 3.05) is 0 Å². The molecule has 0 saturated heterocycles. The maximum absolute atomic E-state index is 5.31. The van der Waals surface area contributed by atoms with Gasteiger partial charge < -0.3 is 0 Å². The molecule has 0 fully saturated rings. The van der Waals surface area contributed by atoms with Crippen molar-refractivity contribution < 1.29 is 0 Å². The molecule has 3 nitrogen and oxygen atoms in total. The zero-order chi connectivity index (χ0) is 35.8. The molecule has 0 aliphatic heterocycles. The number of hydrogen-bond donors (Lipinski definition) is 0. The highest BCUT2D eigenvalue weighted by Crippen LogP contribution is 2.44. The normalized spacial score (nSPS) is 11.3. The summed E-state index contributed by atoms with van der Waals surface area (Å²) in [5, 5.41) is 7.23. The van der Waals surface area contributed by atoms with E-state index in [1.54, 1.807) is 6.20 Å². The van der Waals surface area contributed by atoms with Crippen molar-refractivity contribution in [2.24, 2.45) is 0 Å². The highest BCUT2D eigenvalue weighted by atomic mass is 14.9. The molecule has 0 unspecified atom stereocenters. The van der Waals surface area contributed by atoms with Gasteiger partial charge in [-0.2, -0.15) is 0 Å². The fourth-order valence-corrected chi connectivity index (χ4v) is 7.85. The van der Waals surface area contributed by atoms with E-state index in [1.165, 1.54) is 43.6 Å². The van der Waals surface area contributed by atoms with Crippen LogP contribution in [0.3, 0.4) is 0 Å². The first kappa shape index (κ1) is 31.5. The first-order valence-corrected chi connectivity index (χ1v) is 18.3. The van der Waals surface area contributed by atoms with Gasteiger partial charge in [0.1, 0.15) is 0 Å². The lowest BCUT2D eigenvalue weighted by Crippen LogP contribution is -1.97. The van der Waals surface area contributed by atoms with Gasteiger partial charge in [-0.15, -0.1) is 0 Å². The van der Waals surface area contributed by atoms with Gasteiger partial charge in [0.25, 0.3) is 0 Å². The van der Waals surface area contributed by atoms with E-state index < -0.39 is 0 Å². The van der Waals surface area contributed by atoms with Gasteiger partial charge in [-0.3, -0.25) is 4.98 Å². The highest BCUT2D eigenvalue weighted by Gasteiger charge is 2.18. The van der Waals surface area contributed by atoms with Gasteiger partial charge in [0.2, 0.25) is 0 Å². The summed E-state index contributed by atoms with van der Waals surface area (Å²) < 4.78 is 0. The van der Waals surface area contributed by atoms with E-state index in [4.69, 9.17) is 9.97 Å². The predicted octanol–water partition coefficient (Wildman–Crippen LogP) is 13.3. The maximum atomic E-state index is 5.31. The minimum absolute atomic E-state index is 0.683. The van der Waals surface area contributed by atoms with Gasteiger partial charge in [0, 0.05) is 29.1 Å². The molecule has 8 aromatic carbocycles. The third kappa shape index (κ3) is 5.60. The number of nitrogens with zero attached hydrogens (tertiary/aromatic N) is 3. The van der Waals surface area contributed by atoms with Gasteiger partial charge in [0.05, 0.1) is 11.4 Å². The summed E-state index contributed by atoms with van der Waals surface area (Å²) in [4.78, 5) is 14.9. The summed E-state index contributed by atoms with van der Waals surface area (Å²) in [5.74, 6) is 0.683. The van der Waals surface area contributed by atoms with E-state index in [0.29, 0.717) is 5.82 Å². The Morgan fingerprint density at radius 3 is 1.56 bits per heavy atom. The summed E-state index contributed by atoms with van der Waals surface area (Å²) in [6.07, 6.45) is 3.69. The van der Waals surface area contributed by atoms with E-state index in [2.05, 4.69) is 187 Å². The van der Waals surface area contributed by atoms with Crippen molar-refractivity contribution in [2.45, 2.75) is 0 Å². The van der Waals surface area contributed by atoms with E-state index in [0.717, 1.165) is 50.2 Å². The second-order valence-electron chi connectivity index (χ2n) is 13.6. The molecule has 0 amide bonds. The Morgan fingerprint density at radius 2 is 0.852 bits per heavy atom. The Morgan fingerprint density at radius 1 is 0.315 bits per heavy atom. The van der Waals surface area contributed by atoms with E-state index in [1.807, 2.05) is 12.3 Å². The van der Waals surface area contributed by atoms with Crippen LogP contribution in [-0.2, 0) is 0 Å². The molecule has 0 aliphatic rings. The Balaban J connectivity index is 1.17. The van der Waals surface area contributed by atoms with E-state index >= 15 is 0 Å². The number of hydrogen-bond acceptors (Lipinski definition) is 3. The van der Waals surface area contributed by atoms with Crippen LogP contribution in [0.4, 0.5) is 0 Å². The Kier molecular flexibility index (Phi) is 7.81. The third-order valence-corrected chi connectivity index (χ3v) is 10.4. The van der Waals surface area contributed by atoms with Crippen LogP contribution in [0.25, 0.3) is 99.6 Å². The monoisotopic (exact) mass is 687 g/mol. The molecule has 0 aliphatic carbocycles. The van der Waals surface area contributed by atoms with Crippen LogP contribution in [-0.4, -0.2) is 15.0 Å². The van der Waals surface area contributed by atoms with Crippen LogP contribution in [0, 0.1) is 0 Å². The summed E-state index contributed by atoms with van der Waals surface area (Å²) in [7, 11) is 0. The molecule has 10 rings (SSSR count). The maximum Gasteiger partial charge on any atom is 0.160 e. The molecule has 3 heteroatoms. The molecule has 2 aromatic heterocycles. The van der Waals surface area contributed by atoms with Crippen LogP contribution in [0.2, 0.25) is 0 Å². The quantitative estimate of drug-likeness (QED) is 0.163. The molecule has 2 heterocycles. The lowest BCUT2D eigenvalue weighted by molar-refractivity contribution is 1.18. The highest BCUT2D eigenvalue weighted by molar-refractivity contribution is 6.21. The van der Waals surface area contributed by atoms with Crippen molar-refractivity contribution in [3.8, 4) is 67.3 Å². The summed E-state index contributed by atoms with van der Waals surface area (Å²) >= 11 is 0. The second kappa shape index (κ2) is 13.4. The zero-order valence-corrected chi connectivity index (χ0v) is 29.4. The SMILES string of the molecule is c1ccc(-c2c3ccccc3c(-c3cccc(-c4nc(-c5ccc(-c6cccnc6)cc5)cc(-c5cccc6ccccc56)n4)c3)c3ccccc23)cc1. The van der Waals surface area contributed by atoms with Gasteiger partial charge >= 0.3 is 0 Å². The van der Waals surface area contributed by atoms with Crippen LogP contribution in [0.15, 0.2) is 200 Å². The molecule has 10 aromatic rings. The van der Waals surface area contributed by atoms with Crippen molar-refractivity contribution in [3.05, 3.63) is 200 Å². The van der Waals surface area contributed by atoms with Gasteiger partial charge in [-0.1, -0.05) is 170 Å². The van der Waals surface area contributed by atoms with Crippen molar-refractivity contribution in [1.82, 2.24) is 15.0 Å². The molecule has 0 atom stereocenters. The number of benzene rings is 8. The molecular weight excluding hydrogens is 655 g/mol. The van der Waals surface area contributed by atoms with Crippen LogP contribution in [0.1, 0.15) is 0 Å². The van der Waals surface area contributed by atoms with Gasteiger partial charge in [-0.05, 0) is 83.9 Å². The molecule has 0 saturated carbocycles. The van der Waals surface area contributed by atoms with Crippen molar-refractivity contribution in [3.63, 3.8) is 0 Å². The number of fused-ring (bicyclic) bond motifs is 3. The van der Waals surface area contributed by atoms with Crippen LogP contribution >= 0.6 is 0 Å². The Hall–Kier alpha value is -7.23. The number of rotatable bonds is 6. The largest absolute Gasteiger partial charge is 0.264 e. The van der Waals surface area contributed by atoms with Gasteiger partial charge in [-0.25, -0.2) is 9.97 Å². The fraction of sp³-hybridized carbons (Fsp3) is 0. The lowest BCUT2D eigenvalue weighted by Gasteiger charge is -2.18. The average Bonchev–Trinajstić information content (AvgIpc) is 3.26. The minimum Gasteiger partial charge on any atom is -0.264 e. The lowest BCUT2D eigenvalue weighted by atomic mass is 9.85. The standard InChI is InChI=1S/C51H33N3/c1-2-14-37(15-3-1)49-43-21-6-8-23-45(43)50(46-24-9-7-22-44(46)49)38-17-10-18-39(31-38)51-53-47(36-28-26-34(27-29-36)40-19-12-30-52-33-40)32-48(54-51)42-25-11-16-35-13-4-5-20-41(35)42/h1-33H. The molecule has 0 N–H and O–H groups in total. The summed E-state index contributed by atoms with van der Waals surface area (Å²) in [5.41, 5.74) is 11.8. The number of pyridine rings is 1. The van der Waals surface area contributed by atoms with Crippen molar-refractivity contribution in [1.29, 1.82) is 0 Å². The first-order valence-electron chi connectivity index (χ1n) is 18.3. The molecule has 252 valence electrons. The molecule has 0 bridgehead atoms. The molecule has 54 heavy (non-hydrogen) atoms.